The van der Waals surface area contributed by atoms with Crippen LogP contribution < -0.4 is 24.6 Å². The summed E-state index contributed by atoms with van der Waals surface area (Å²) in [6.45, 7) is 8.92. The number of hydrogen-bond acceptors (Lipinski definition) is 9. The number of aryl methyl sites for hydroxylation is 1. The van der Waals surface area contributed by atoms with Gasteiger partial charge >= 0.3 is 0 Å². The quantitative estimate of drug-likeness (QED) is 0.219. The van der Waals surface area contributed by atoms with E-state index in [0.29, 0.717) is 45.1 Å². The second kappa shape index (κ2) is 12.0. The molecule has 0 bridgehead atoms. The van der Waals surface area contributed by atoms with Gasteiger partial charge in [-0.1, -0.05) is 12.1 Å². The van der Waals surface area contributed by atoms with Crippen molar-refractivity contribution in [3.05, 3.63) is 59.0 Å². The molecule has 4 aromatic rings. The third-order valence-corrected chi connectivity index (χ3v) is 9.32. The Kier molecular flexibility index (Phi) is 8.57. The number of para-hydroxylation sites is 2. The molecular weight excluding hydrogens is 632 g/mol. The number of nitrogens with zero attached hydrogens (tertiary/aromatic N) is 6. The molecule has 0 aliphatic carbocycles. The van der Waals surface area contributed by atoms with Gasteiger partial charge in [-0.15, -0.1) is 0 Å². The van der Waals surface area contributed by atoms with E-state index in [4.69, 9.17) is 9.72 Å². The van der Waals surface area contributed by atoms with Crippen LogP contribution in [0.4, 0.5) is 34.5 Å². The Morgan fingerprint density at radius 1 is 1.05 bits per heavy atom. The van der Waals surface area contributed by atoms with Crippen LogP contribution in [-0.2, 0) is 23.5 Å². The van der Waals surface area contributed by atoms with Gasteiger partial charge in [0, 0.05) is 66.9 Å². The molecule has 0 amide bonds. The zero-order valence-corrected chi connectivity index (χ0v) is 27.8. The molecule has 13 heteroatoms. The van der Waals surface area contributed by atoms with Crippen molar-refractivity contribution in [2.75, 3.05) is 39.7 Å². The highest BCUT2D eigenvalue weighted by Crippen LogP contribution is 2.44. The third-order valence-electron chi connectivity index (χ3n) is 7.40. The molecule has 1 aliphatic heterocycles. The Morgan fingerprint density at radius 2 is 1.79 bits per heavy atom. The van der Waals surface area contributed by atoms with Gasteiger partial charge < -0.3 is 20.3 Å². The summed E-state index contributed by atoms with van der Waals surface area (Å²) in [6.07, 6.45) is 5.65. The van der Waals surface area contributed by atoms with Gasteiger partial charge in [-0.25, -0.2) is 13.4 Å². The summed E-state index contributed by atoms with van der Waals surface area (Å²) in [7, 11) is 0.0984. The summed E-state index contributed by atoms with van der Waals surface area (Å²) in [5.41, 5.74) is 6.22. The lowest BCUT2D eigenvalue weighted by molar-refractivity contribution is 0.416. The highest BCUT2D eigenvalue weighted by atomic mass is 79.9. The summed E-state index contributed by atoms with van der Waals surface area (Å²) < 4.78 is 35.1. The summed E-state index contributed by atoms with van der Waals surface area (Å²) in [6, 6.07) is 11.4. The second-order valence-corrected chi connectivity index (χ2v) is 13.8. The fourth-order valence-electron chi connectivity index (χ4n) is 5.53. The molecule has 0 unspecified atom stereocenters. The summed E-state index contributed by atoms with van der Waals surface area (Å²) in [5.74, 6) is 1.46. The number of hydrogen-bond donors (Lipinski definition) is 2. The molecule has 2 aromatic carbocycles. The van der Waals surface area contributed by atoms with Crippen molar-refractivity contribution in [2.45, 2.75) is 46.2 Å². The van der Waals surface area contributed by atoms with Gasteiger partial charge in [0.05, 0.1) is 41.1 Å². The Bertz CT molecular complexity index is 1760. The number of benzene rings is 2. The van der Waals surface area contributed by atoms with Crippen LogP contribution in [0.5, 0.6) is 5.75 Å². The first-order valence-electron chi connectivity index (χ1n) is 14.0. The Balaban J connectivity index is 1.54. The van der Waals surface area contributed by atoms with Crippen LogP contribution >= 0.6 is 15.9 Å². The molecule has 43 heavy (non-hydrogen) atoms. The summed E-state index contributed by atoms with van der Waals surface area (Å²) in [4.78, 5) is 11.6. The first-order valence-corrected chi connectivity index (χ1v) is 16.7. The molecule has 5 rings (SSSR count). The first kappa shape index (κ1) is 30.6. The number of halogens is 1. The highest BCUT2D eigenvalue weighted by Gasteiger charge is 2.27. The van der Waals surface area contributed by atoms with E-state index in [-0.39, 0.29) is 6.04 Å². The van der Waals surface area contributed by atoms with Crippen molar-refractivity contribution in [1.82, 2.24) is 19.7 Å². The Labute approximate surface area is 261 Å². The molecule has 3 heterocycles. The molecule has 0 saturated carbocycles. The van der Waals surface area contributed by atoms with Gasteiger partial charge in [-0.2, -0.15) is 10.1 Å². The van der Waals surface area contributed by atoms with Crippen molar-refractivity contribution in [3.8, 4) is 16.9 Å². The fraction of sp³-hybridized carbons (Fsp3) is 0.367. The molecule has 228 valence electrons. The Morgan fingerprint density at radius 3 is 2.47 bits per heavy atom. The van der Waals surface area contributed by atoms with Crippen LogP contribution in [0.25, 0.3) is 11.1 Å². The summed E-state index contributed by atoms with van der Waals surface area (Å²) >= 11 is 3.54. The van der Waals surface area contributed by atoms with E-state index in [1.807, 2.05) is 50.0 Å². The van der Waals surface area contributed by atoms with E-state index in [0.717, 1.165) is 29.8 Å². The first-order chi connectivity index (χ1) is 20.4. The highest BCUT2D eigenvalue weighted by molar-refractivity contribution is 9.10. The van der Waals surface area contributed by atoms with Gasteiger partial charge in [-0.05, 0) is 61.8 Å². The second-order valence-electron chi connectivity index (χ2n) is 11.0. The van der Waals surface area contributed by atoms with Crippen LogP contribution in [0.15, 0.2) is 53.3 Å². The summed E-state index contributed by atoms with van der Waals surface area (Å²) in [5, 5.41) is 11.2. The lowest BCUT2D eigenvalue weighted by Gasteiger charge is -2.30. The van der Waals surface area contributed by atoms with E-state index in [2.05, 4.69) is 67.5 Å². The number of fused-ring (bicyclic) bond motifs is 3. The molecule has 1 aliphatic rings. The van der Waals surface area contributed by atoms with Gasteiger partial charge in [0.1, 0.15) is 11.6 Å². The van der Waals surface area contributed by atoms with Crippen LogP contribution in [0.1, 0.15) is 33.4 Å². The standard InChI is InChI=1S/C30H37BrN8O3S/c1-18(2)38-13-12-25-21(16-33-37(25)5)20-14-24(28(42-6)15-27(20)38)35-30-32-17-22(31)29(36-30)34-23-10-8-9-11-26(23)39(19(3)4)43(7,40)41/h8-11,14-19H,12-13H2,1-7H3,(H2,32,34,35,36). The van der Waals surface area contributed by atoms with Crippen molar-refractivity contribution in [3.63, 3.8) is 0 Å². The fourth-order valence-corrected chi connectivity index (χ4v) is 7.10. The predicted octanol–water partition coefficient (Wildman–Crippen LogP) is 6.08. The lowest BCUT2D eigenvalue weighted by atomic mass is 10.0. The minimum absolute atomic E-state index is 0.281. The maximum absolute atomic E-state index is 12.7. The van der Waals surface area contributed by atoms with Crippen molar-refractivity contribution >= 4 is 60.5 Å². The molecule has 2 N–H and O–H groups in total. The number of rotatable bonds is 9. The molecule has 0 atom stereocenters. The number of ether oxygens (including phenoxy) is 1. The molecule has 2 aromatic heterocycles. The van der Waals surface area contributed by atoms with Gasteiger partial charge in [-0.3, -0.25) is 8.99 Å². The van der Waals surface area contributed by atoms with Crippen LogP contribution in [0.3, 0.4) is 0 Å². The minimum atomic E-state index is -3.52. The topological polar surface area (TPSA) is 118 Å². The van der Waals surface area contributed by atoms with Crippen LogP contribution in [0.2, 0.25) is 0 Å². The van der Waals surface area contributed by atoms with E-state index < -0.39 is 10.0 Å². The van der Waals surface area contributed by atoms with Crippen molar-refractivity contribution in [2.24, 2.45) is 7.05 Å². The zero-order valence-electron chi connectivity index (χ0n) is 25.4. The average molecular weight is 670 g/mol. The number of aromatic nitrogens is 4. The number of methoxy groups -OCH3 is 1. The van der Waals surface area contributed by atoms with Gasteiger partial charge in [0.2, 0.25) is 16.0 Å². The van der Waals surface area contributed by atoms with Crippen molar-refractivity contribution < 1.29 is 13.2 Å². The molecule has 0 radical (unpaired) electrons. The maximum Gasteiger partial charge on any atom is 0.232 e. The SMILES string of the molecule is COc1cc2c(cc1Nc1ncc(Br)c(Nc3ccccc3N(C(C)C)S(C)(=O)=O)n1)-c1cnn(C)c1CCN2C(C)C. The van der Waals surface area contributed by atoms with E-state index in [1.54, 1.807) is 19.4 Å². The van der Waals surface area contributed by atoms with Crippen LogP contribution in [-0.4, -0.2) is 60.2 Å². The lowest BCUT2D eigenvalue weighted by Crippen LogP contribution is -2.36. The third kappa shape index (κ3) is 6.14. The van der Waals surface area contributed by atoms with E-state index >= 15 is 0 Å². The number of anilines is 6. The van der Waals surface area contributed by atoms with E-state index in [9.17, 15) is 8.42 Å². The van der Waals surface area contributed by atoms with Gasteiger partial charge in [0.15, 0.2) is 0 Å². The molecule has 11 nitrogen and oxygen atoms in total. The molecule has 0 spiro atoms. The molecule has 0 saturated heterocycles. The van der Waals surface area contributed by atoms with Crippen LogP contribution in [0, 0.1) is 0 Å². The molecule has 0 fully saturated rings. The smallest absolute Gasteiger partial charge is 0.232 e. The largest absolute Gasteiger partial charge is 0.494 e. The van der Waals surface area contributed by atoms with E-state index in [1.165, 1.54) is 16.3 Å². The van der Waals surface area contributed by atoms with Gasteiger partial charge in [0.25, 0.3) is 0 Å². The number of nitrogens with one attached hydrogen (secondary N) is 2. The minimum Gasteiger partial charge on any atom is -0.494 e. The monoisotopic (exact) mass is 668 g/mol. The maximum atomic E-state index is 12.7. The zero-order chi connectivity index (χ0) is 31.1. The predicted molar refractivity (Wildman–Crippen MR) is 177 cm³/mol. The Hall–Kier alpha value is -3.84. The number of sulfonamides is 1. The normalized spacial score (nSPS) is 13.0. The average Bonchev–Trinajstić information content (AvgIpc) is 3.21. The van der Waals surface area contributed by atoms with Crippen molar-refractivity contribution in [1.29, 1.82) is 0 Å². The molecular formula is C30H37BrN8O3S.